The zero-order valence-corrected chi connectivity index (χ0v) is 14.8. The van der Waals surface area contributed by atoms with Gasteiger partial charge < -0.3 is 10.1 Å². The minimum atomic E-state index is -0.0867. The van der Waals surface area contributed by atoms with Crippen LogP contribution < -0.4 is 10.1 Å². The van der Waals surface area contributed by atoms with Crippen molar-refractivity contribution >= 4 is 21.8 Å². The molecule has 1 atom stereocenters. The predicted molar refractivity (Wildman–Crippen MR) is 92.5 cm³/mol. The molecular formula is C18H20BrNO2. The summed E-state index contributed by atoms with van der Waals surface area (Å²) in [4.78, 5) is 12.4. The predicted octanol–water partition coefficient (Wildman–Crippen LogP) is 4.57. The van der Waals surface area contributed by atoms with E-state index in [2.05, 4.69) is 21.2 Å². The summed E-state index contributed by atoms with van der Waals surface area (Å²) in [5.74, 6) is 0.707. The third-order valence-corrected chi connectivity index (χ3v) is 4.41. The van der Waals surface area contributed by atoms with Crippen LogP contribution >= 0.6 is 15.9 Å². The number of halogens is 1. The summed E-state index contributed by atoms with van der Waals surface area (Å²) in [5, 5.41) is 3.02. The summed E-state index contributed by atoms with van der Waals surface area (Å²) >= 11 is 3.47. The normalized spacial score (nSPS) is 11.9. The third-order valence-electron chi connectivity index (χ3n) is 3.79. The summed E-state index contributed by atoms with van der Waals surface area (Å²) in [5.41, 5.74) is 4.00. The zero-order chi connectivity index (χ0) is 16.3. The van der Waals surface area contributed by atoms with Gasteiger partial charge in [0.25, 0.3) is 5.91 Å². The van der Waals surface area contributed by atoms with Gasteiger partial charge in [0, 0.05) is 5.56 Å². The fourth-order valence-corrected chi connectivity index (χ4v) is 2.76. The molecule has 0 fully saturated rings. The van der Waals surface area contributed by atoms with Gasteiger partial charge in [0.2, 0.25) is 0 Å². The molecule has 0 aliphatic rings. The van der Waals surface area contributed by atoms with Crippen molar-refractivity contribution in [3.63, 3.8) is 0 Å². The van der Waals surface area contributed by atoms with Crippen molar-refractivity contribution in [1.29, 1.82) is 0 Å². The number of carbonyl (C=O) groups is 1. The van der Waals surface area contributed by atoms with Crippen molar-refractivity contribution in [1.82, 2.24) is 5.32 Å². The van der Waals surface area contributed by atoms with Crippen LogP contribution in [-0.4, -0.2) is 13.0 Å². The summed E-state index contributed by atoms with van der Waals surface area (Å²) < 4.78 is 6.10. The number of rotatable bonds is 4. The van der Waals surface area contributed by atoms with Gasteiger partial charge in [0.05, 0.1) is 17.6 Å². The molecule has 0 spiro atoms. The maximum atomic E-state index is 12.4. The number of aryl methyl sites for hydroxylation is 2. The van der Waals surface area contributed by atoms with Crippen LogP contribution in [0.3, 0.4) is 0 Å². The highest BCUT2D eigenvalue weighted by Gasteiger charge is 2.13. The number of methoxy groups -OCH3 is 1. The molecule has 3 nitrogen and oxygen atoms in total. The van der Waals surface area contributed by atoms with Crippen LogP contribution in [0.2, 0.25) is 0 Å². The Morgan fingerprint density at radius 3 is 2.45 bits per heavy atom. The standard InChI is InChI=1S/C18H20BrNO2/c1-11-5-6-15(9-12(11)2)18(21)20-13(3)14-7-8-17(22-4)16(19)10-14/h5-10,13H,1-4H3,(H,20,21). The van der Waals surface area contributed by atoms with E-state index in [4.69, 9.17) is 4.74 Å². The maximum Gasteiger partial charge on any atom is 0.251 e. The van der Waals surface area contributed by atoms with Crippen molar-refractivity contribution < 1.29 is 9.53 Å². The van der Waals surface area contributed by atoms with E-state index in [1.54, 1.807) is 7.11 Å². The molecule has 2 aromatic carbocycles. The molecule has 0 aliphatic heterocycles. The molecule has 1 unspecified atom stereocenters. The molecule has 0 aliphatic carbocycles. The summed E-state index contributed by atoms with van der Waals surface area (Å²) in [7, 11) is 1.63. The molecule has 0 saturated heterocycles. The molecule has 0 saturated carbocycles. The molecule has 1 N–H and O–H groups in total. The first-order chi connectivity index (χ1) is 10.4. The Kier molecular flexibility index (Phi) is 5.24. The first kappa shape index (κ1) is 16.6. The number of hydrogen-bond acceptors (Lipinski definition) is 2. The lowest BCUT2D eigenvalue weighted by Gasteiger charge is -2.16. The van der Waals surface area contributed by atoms with E-state index in [-0.39, 0.29) is 11.9 Å². The van der Waals surface area contributed by atoms with Crippen molar-refractivity contribution in [2.45, 2.75) is 26.8 Å². The minimum Gasteiger partial charge on any atom is -0.496 e. The molecule has 0 bridgehead atoms. The average molecular weight is 362 g/mol. The van der Waals surface area contributed by atoms with Crippen LogP contribution in [0.15, 0.2) is 40.9 Å². The van der Waals surface area contributed by atoms with Crippen LogP contribution in [-0.2, 0) is 0 Å². The Balaban J connectivity index is 2.13. The number of amides is 1. The van der Waals surface area contributed by atoms with Crippen molar-refractivity contribution in [2.24, 2.45) is 0 Å². The fraction of sp³-hybridized carbons (Fsp3) is 0.278. The summed E-state index contributed by atoms with van der Waals surface area (Å²) in [6, 6.07) is 11.5. The molecule has 0 heterocycles. The second-order valence-corrected chi connectivity index (χ2v) is 6.24. The lowest BCUT2D eigenvalue weighted by Crippen LogP contribution is -2.26. The Morgan fingerprint density at radius 1 is 1.14 bits per heavy atom. The van der Waals surface area contributed by atoms with Gasteiger partial charge in [-0.15, -0.1) is 0 Å². The van der Waals surface area contributed by atoms with Crippen molar-refractivity contribution in [3.8, 4) is 5.75 Å². The van der Waals surface area contributed by atoms with Gasteiger partial charge in [-0.1, -0.05) is 12.1 Å². The van der Waals surface area contributed by atoms with Gasteiger partial charge >= 0.3 is 0 Å². The highest BCUT2D eigenvalue weighted by atomic mass is 79.9. The zero-order valence-electron chi connectivity index (χ0n) is 13.2. The Hall–Kier alpha value is -1.81. The third kappa shape index (κ3) is 3.69. The van der Waals surface area contributed by atoms with Crippen LogP contribution in [0, 0.1) is 13.8 Å². The molecule has 2 aromatic rings. The molecule has 22 heavy (non-hydrogen) atoms. The fourth-order valence-electron chi connectivity index (χ4n) is 2.20. The highest BCUT2D eigenvalue weighted by molar-refractivity contribution is 9.10. The number of benzene rings is 2. The first-order valence-electron chi connectivity index (χ1n) is 7.14. The molecule has 1 amide bonds. The van der Waals surface area contributed by atoms with Gasteiger partial charge in [-0.25, -0.2) is 0 Å². The lowest BCUT2D eigenvalue weighted by molar-refractivity contribution is 0.0940. The lowest BCUT2D eigenvalue weighted by atomic mass is 10.0. The van der Waals surface area contributed by atoms with Crippen LogP contribution in [0.4, 0.5) is 0 Å². The van der Waals surface area contributed by atoms with Crippen LogP contribution in [0.5, 0.6) is 5.75 Å². The number of hydrogen-bond donors (Lipinski definition) is 1. The van der Waals surface area contributed by atoms with Crippen LogP contribution in [0.1, 0.15) is 40.0 Å². The second kappa shape index (κ2) is 6.97. The molecule has 0 aromatic heterocycles. The molecule has 4 heteroatoms. The van der Waals surface area contributed by atoms with E-state index < -0.39 is 0 Å². The van der Waals surface area contributed by atoms with E-state index in [0.717, 1.165) is 21.3 Å². The Bertz CT molecular complexity index is 697. The summed E-state index contributed by atoms with van der Waals surface area (Å²) in [6.07, 6.45) is 0. The molecule has 2 rings (SSSR count). The summed E-state index contributed by atoms with van der Waals surface area (Å²) in [6.45, 7) is 6.01. The van der Waals surface area contributed by atoms with E-state index in [1.165, 1.54) is 5.56 Å². The molecule has 116 valence electrons. The minimum absolute atomic E-state index is 0.0671. The topological polar surface area (TPSA) is 38.3 Å². The van der Waals surface area contributed by atoms with Gasteiger partial charge in [-0.05, 0) is 77.7 Å². The van der Waals surface area contributed by atoms with Gasteiger partial charge in [-0.3, -0.25) is 4.79 Å². The first-order valence-corrected chi connectivity index (χ1v) is 7.93. The quantitative estimate of drug-likeness (QED) is 0.866. The smallest absolute Gasteiger partial charge is 0.251 e. The van der Waals surface area contributed by atoms with Gasteiger partial charge in [0.15, 0.2) is 0 Å². The Morgan fingerprint density at radius 2 is 1.86 bits per heavy atom. The Labute approximate surface area is 139 Å². The van der Waals surface area contributed by atoms with E-state index in [1.807, 2.05) is 57.2 Å². The molecule has 0 radical (unpaired) electrons. The van der Waals surface area contributed by atoms with Gasteiger partial charge in [-0.2, -0.15) is 0 Å². The van der Waals surface area contributed by atoms with E-state index >= 15 is 0 Å². The second-order valence-electron chi connectivity index (χ2n) is 5.39. The number of nitrogens with one attached hydrogen (secondary N) is 1. The van der Waals surface area contributed by atoms with E-state index in [0.29, 0.717) is 5.56 Å². The van der Waals surface area contributed by atoms with Crippen molar-refractivity contribution in [3.05, 3.63) is 63.1 Å². The van der Waals surface area contributed by atoms with E-state index in [9.17, 15) is 4.79 Å². The monoisotopic (exact) mass is 361 g/mol. The van der Waals surface area contributed by atoms with Crippen molar-refractivity contribution in [2.75, 3.05) is 7.11 Å². The maximum absolute atomic E-state index is 12.4. The van der Waals surface area contributed by atoms with Gasteiger partial charge in [0.1, 0.15) is 5.75 Å². The average Bonchev–Trinajstić information content (AvgIpc) is 2.49. The number of carbonyl (C=O) groups excluding carboxylic acids is 1. The SMILES string of the molecule is COc1ccc(C(C)NC(=O)c2ccc(C)c(C)c2)cc1Br. The molecular weight excluding hydrogens is 342 g/mol. The van der Waals surface area contributed by atoms with Crippen LogP contribution in [0.25, 0.3) is 0 Å². The highest BCUT2D eigenvalue weighted by Crippen LogP contribution is 2.28. The number of ether oxygens (including phenoxy) is 1. The largest absolute Gasteiger partial charge is 0.496 e.